The predicted molar refractivity (Wildman–Crippen MR) is 103 cm³/mol. The molecule has 1 aliphatic heterocycles. The average molecular weight is 369 g/mol. The molecule has 0 unspecified atom stereocenters. The largest absolute Gasteiger partial charge is 0.367 e. The minimum absolute atomic E-state index is 0.0414. The quantitative estimate of drug-likeness (QED) is 0.900. The second kappa shape index (κ2) is 8.59. The summed E-state index contributed by atoms with van der Waals surface area (Å²) < 4.78 is 0. The number of nitriles is 1. The van der Waals surface area contributed by atoms with E-state index in [2.05, 4.69) is 16.3 Å². The van der Waals surface area contributed by atoms with Gasteiger partial charge in [0.1, 0.15) is 6.07 Å². The van der Waals surface area contributed by atoms with E-state index in [9.17, 15) is 10.1 Å². The van der Waals surface area contributed by atoms with Gasteiger partial charge in [-0.15, -0.1) is 0 Å². The Morgan fingerprint density at radius 1 is 1.12 bits per heavy atom. The maximum absolute atomic E-state index is 12.3. The van der Waals surface area contributed by atoms with Gasteiger partial charge in [-0.3, -0.25) is 0 Å². The van der Waals surface area contributed by atoms with E-state index in [1.54, 1.807) is 0 Å². The van der Waals surface area contributed by atoms with E-state index in [0.717, 1.165) is 30.8 Å². The van der Waals surface area contributed by atoms with Crippen molar-refractivity contribution in [2.45, 2.75) is 6.42 Å². The van der Waals surface area contributed by atoms with Gasteiger partial charge in [-0.25, -0.2) is 4.79 Å². The molecule has 2 amide bonds. The van der Waals surface area contributed by atoms with Crippen molar-refractivity contribution in [2.75, 3.05) is 37.6 Å². The summed E-state index contributed by atoms with van der Waals surface area (Å²) >= 11 is 5.97. The van der Waals surface area contributed by atoms with Crippen LogP contribution >= 0.6 is 11.6 Å². The van der Waals surface area contributed by atoms with Crippen LogP contribution < -0.4 is 10.2 Å². The van der Waals surface area contributed by atoms with Crippen molar-refractivity contribution in [1.29, 1.82) is 5.26 Å². The molecule has 0 saturated carbocycles. The Hall–Kier alpha value is -2.71. The van der Waals surface area contributed by atoms with Crippen LogP contribution in [0.4, 0.5) is 10.5 Å². The van der Waals surface area contributed by atoms with E-state index < -0.39 is 0 Å². The van der Waals surface area contributed by atoms with Crippen LogP contribution in [0.3, 0.4) is 0 Å². The molecule has 2 aromatic rings. The molecular weight excluding hydrogens is 348 g/mol. The molecule has 0 atom stereocenters. The Morgan fingerprint density at radius 2 is 1.88 bits per heavy atom. The number of carbonyl (C=O) groups is 1. The van der Waals surface area contributed by atoms with Crippen LogP contribution in [-0.2, 0) is 6.42 Å². The summed E-state index contributed by atoms with van der Waals surface area (Å²) in [5, 5.41) is 12.9. The highest BCUT2D eigenvalue weighted by Crippen LogP contribution is 2.21. The van der Waals surface area contributed by atoms with Crippen molar-refractivity contribution in [3.63, 3.8) is 0 Å². The van der Waals surface area contributed by atoms with E-state index in [4.69, 9.17) is 11.6 Å². The number of nitrogens with zero attached hydrogens (tertiary/aromatic N) is 3. The second-order valence-corrected chi connectivity index (χ2v) is 6.65. The van der Waals surface area contributed by atoms with Gasteiger partial charge < -0.3 is 15.1 Å². The van der Waals surface area contributed by atoms with E-state index in [1.165, 1.54) is 0 Å². The van der Waals surface area contributed by atoms with Crippen LogP contribution in [-0.4, -0.2) is 43.7 Å². The Kier molecular flexibility index (Phi) is 5.98. The van der Waals surface area contributed by atoms with Crippen LogP contribution in [0.2, 0.25) is 5.02 Å². The van der Waals surface area contributed by atoms with Gasteiger partial charge in [0, 0.05) is 37.7 Å². The fourth-order valence-corrected chi connectivity index (χ4v) is 3.33. The van der Waals surface area contributed by atoms with Crippen molar-refractivity contribution >= 4 is 23.3 Å². The molecule has 0 bridgehead atoms. The van der Waals surface area contributed by atoms with Gasteiger partial charge in [0.15, 0.2) is 0 Å². The first-order valence-corrected chi connectivity index (χ1v) is 9.06. The maximum atomic E-state index is 12.3. The van der Waals surface area contributed by atoms with E-state index in [1.807, 2.05) is 53.4 Å². The molecule has 0 spiro atoms. The third kappa shape index (κ3) is 4.47. The van der Waals surface area contributed by atoms with Crippen LogP contribution in [0.25, 0.3) is 0 Å². The Balaban J connectivity index is 1.47. The number of carbonyl (C=O) groups excluding carboxylic acids is 1. The highest BCUT2D eigenvalue weighted by Gasteiger charge is 2.22. The lowest BCUT2D eigenvalue weighted by Crippen LogP contribution is -2.52. The summed E-state index contributed by atoms with van der Waals surface area (Å²) in [6, 6.07) is 17.4. The lowest BCUT2D eigenvalue weighted by Gasteiger charge is -2.36. The van der Waals surface area contributed by atoms with Crippen molar-refractivity contribution in [1.82, 2.24) is 10.2 Å². The molecule has 1 N–H and O–H groups in total. The van der Waals surface area contributed by atoms with Crippen LogP contribution in [0.5, 0.6) is 0 Å². The monoisotopic (exact) mass is 368 g/mol. The molecule has 26 heavy (non-hydrogen) atoms. The van der Waals surface area contributed by atoms with E-state index in [-0.39, 0.29) is 6.03 Å². The van der Waals surface area contributed by atoms with Crippen molar-refractivity contribution in [3.05, 3.63) is 64.7 Å². The van der Waals surface area contributed by atoms with Gasteiger partial charge in [-0.1, -0.05) is 35.9 Å². The number of anilines is 1. The fourth-order valence-electron chi connectivity index (χ4n) is 3.11. The number of halogens is 1. The van der Waals surface area contributed by atoms with E-state index in [0.29, 0.717) is 30.2 Å². The van der Waals surface area contributed by atoms with E-state index >= 15 is 0 Å². The highest BCUT2D eigenvalue weighted by atomic mass is 35.5. The average Bonchev–Trinajstić information content (AvgIpc) is 2.68. The molecule has 1 saturated heterocycles. The zero-order valence-electron chi connectivity index (χ0n) is 14.5. The molecule has 6 heteroatoms. The molecule has 0 aromatic heterocycles. The third-order valence-electron chi connectivity index (χ3n) is 4.51. The number of hydrogen-bond acceptors (Lipinski definition) is 3. The topological polar surface area (TPSA) is 59.4 Å². The number of para-hydroxylation sites is 1. The Morgan fingerprint density at radius 3 is 2.62 bits per heavy atom. The maximum Gasteiger partial charge on any atom is 0.317 e. The number of rotatable bonds is 4. The van der Waals surface area contributed by atoms with Crippen molar-refractivity contribution < 1.29 is 4.79 Å². The molecule has 5 nitrogen and oxygen atoms in total. The molecule has 1 heterocycles. The van der Waals surface area contributed by atoms with Gasteiger partial charge in [0.2, 0.25) is 0 Å². The number of piperazine rings is 1. The summed E-state index contributed by atoms with van der Waals surface area (Å²) in [7, 11) is 0. The Labute approximate surface area is 158 Å². The molecule has 0 aliphatic carbocycles. The smallest absolute Gasteiger partial charge is 0.317 e. The summed E-state index contributed by atoms with van der Waals surface area (Å²) in [6.45, 7) is 3.31. The minimum atomic E-state index is -0.0414. The van der Waals surface area contributed by atoms with Gasteiger partial charge in [-0.05, 0) is 36.2 Å². The van der Waals surface area contributed by atoms with Gasteiger partial charge >= 0.3 is 6.03 Å². The standard InChI is InChI=1S/C20H21ClN4O/c21-18-6-3-4-16(14-18)8-9-23-20(26)25-12-10-24(11-13-25)19-7-2-1-5-17(19)15-22/h1-7,14H,8-13H2,(H,23,26). The minimum Gasteiger partial charge on any atom is -0.367 e. The summed E-state index contributed by atoms with van der Waals surface area (Å²) in [6.07, 6.45) is 0.752. The first-order valence-electron chi connectivity index (χ1n) is 8.68. The van der Waals surface area contributed by atoms with Gasteiger partial charge in [-0.2, -0.15) is 5.26 Å². The number of benzene rings is 2. The normalized spacial score (nSPS) is 14.0. The fraction of sp³-hybridized carbons (Fsp3) is 0.300. The van der Waals surface area contributed by atoms with Crippen LogP contribution in [0.15, 0.2) is 48.5 Å². The molecule has 134 valence electrons. The first kappa shape index (κ1) is 18.1. The van der Waals surface area contributed by atoms with Crippen LogP contribution in [0.1, 0.15) is 11.1 Å². The number of nitrogens with one attached hydrogen (secondary N) is 1. The molecule has 3 rings (SSSR count). The molecule has 2 aromatic carbocycles. The van der Waals surface area contributed by atoms with Gasteiger partial charge in [0.25, 0.3) is 0 Å². The van der Waals surface area contributed by atoms with Gasteiger partial charge in [0.05, 0.1) is 11.3 Å². The van der Waals surface area contributed by atoms with Crippen molar-refractivity contribution in [3.8, 4) is 6.07 Å². The Bertz CT molecular complexity index is 809. The predicted octanol–water partition coefficient (Wildman–Crippen LogP) is 3.29. The SMILES string of the molecule is N#Cc1ccccc1N1CCN(C(=O)NCCc2cccc(Cl)c2)CC1. The first-order chi connectivity index (χ1) is 12.7. The number of urea groups is 1. The third-order valence-corrected chi connectivity index (χ3v) is 4.75. The summed E-state index contributed by atoms with van der Waals surface area (Å²) in [5.41, 5.74) is 2.72. The summed E-state index contributed by atoms with van der Waals surface area (Å²) in [5.74, 6) is 0. The molecule has 1 aliphatic rings. The lowest BCUT2D eigenvalue weighted by atomic mass is 10.1. The van der Waals surface area contributed by atoms with Crippen LogP contribution in [0, 0.1) is 11.3 Å². The number of amides is 2. The van der Waals surface area contributed by atoms with Crippen molar-refractivity contribution in [2.24, 2.45) is 0 Å². The zero-order valence-corrected chi connectivity index (χ0v) is 15.2. The molecular formula is C20H21ClN4O. The zero-order chi connectivity index (χ0) is 18.4. The molecule has 1 fully saturated rings. The number of hydrogen-bond donors (Lipinski definition) is 1. The second-order valence-electron chi connectivity index (χ2n) is 6.21. The summed E-state index contributed by atoms with van der Waals surface area (Å²) in [4.78, 5) is 16.3. The highest BCUT2D eigenvalue weighted by molar-refractivity contribution is 6.30. The molecule has 0 radical (unpaired) electrons. The lowest BCUT2D eigenvalue weighted by molar-refractivity contribution is 0.194.